The van der Waals surface area contributed by atoms with Gasteiger partial charge in [-0.1, -0.05) is 54.6 Å². The quantitative estimate of drug-likeness (QED) is 0.487. The van der Waals surface area contributed by atoms with Gasteiger partial charge in [0.2, 0.25) is 5.91 Å². The minimum atomic E-state index is -0.768. The van der Waals surface area contributed by atoms with Crippen molar-refractivity contribution in [3.63, 3.8) is 0 Å². The summed E-state index contributed by atoms with van der Waals surface area (Å²) in [6, 6.07) is 16.3. The molecule has 4 rings (SSSR count). The van der Waals surface area contributed by atoms with Gasteiger partial charge >= 0.3 is 12.1 Å². The third kappa shape index (κ3) is 5.47. The van der Waals surface area contributed by atoms with Crippen LogP contribution in [0.3, 0.4) is 0 Å². The molecular weight excluding hydrogens is 432 g/mol. The Bertz CT molecular complexity index is 1060. The van der Waals surface area contributed by atoms with Gasteiger partial charge in [-0.05, 0) is 53.9 Å². The van der Waals surface area contributed by atoms with Gasteiger partial charge in [0.05, 0.1) is 0 Å². The zero-order chi connectivity index (χ0) is 24.1. The Kier molecular flexibility index (Phi) is 7.30. The van der Waals surface area contributed by atoms with Gasteiger partial charge < -0.3 is 20.5 Å². The molecule has 2 aromatic rings. The van der Waals surface area contributed by atoms with Crippen molar-refractivity contribution in [2.75, 3.05) is 19.7 Å². The number of aliphatic carboxylic acids is 1. The van der Waals surface area contributed by atoms with E-state index in [-0.39, 0.29) is 37.3 Å². The van der Waals surface area contributed by atoms with Crippen molar-refractivity contribution < 1.29 is 24.2 Å². The predicted octanol–water partition coefficient (Wildman–Crippen LogP) is 4.09. The summed E-state index contributed by atoms with van der Waals surface area (Å²) in [6.45, 7) is 2.68. The number of hydrogen-bond donors (Lipinski definition) is 3. The van der Waals surface area contributed by atoms with Gasteiger partial charge in [0.1, 0.15) is 6.61 Å². The number of benzene rings is 2. The average molecular weight is 463 g/mol. The molecule has 34 heavy (non-hydrogen) atoms. The molecule has 0 heterocycles. The van der Waals surface area contributed by atoms with Crippen LogP contribution in [0.2, 0.25) is 0 Å². The lowest BCUT2D eigenvalue weighted by Crippen LogP contribution is -2.37. The van der Waals surface area contributed by atoms with Gasteiger partial charge in [-0.2, -0.15) is 0 Å². The van der Waals surface area contributed by atoms with E-state index in [4.69, 9.17) is 9.84 Å². The first kappa shape index (κ1) is 23.5. The van der Waals surface area contributed by atoms with Crippen LogP contribution in [0.1, 0.15) is 43.2 Å². The fourth-order valence-electron chi connectivity index (χ4n) is 4.86. The zero-order valence-electron chi connectivity index (χ0n) is 19.3. The van der Waals surface area contributed by atoms with E-state index < -0.39 is 12.1 Å². The molecule has 7 nitrogen and oxygen atoms in total. The summed E-state index contributed by atoms with van der Waals surface area (Å²) in [4.78, 5) is 35.2. The molecule has 0 saturated heterocycles. The Hall–Kier alpha value is -3.61. The zero-order valence-corrected chi connectivity index (χ0v) is 19.3. The molecule has 0 bridgehead atoms. The number of carboxylic acids is 1. The number of carbonyl (C=O) groups is 3. The summed E-state index contributed by atoms with van der Waals surface area (Å²) in [5.74, 6) is -0.397. The molecule has 2 aromatic carbocycles. The standard InChI is InChI=1S/C27H30N2O5/c1-17(26(32)29-15-19-12-18(13-19)14-25(30)31)10-11-28-27(33)34-16-24-22-8-4-2-6-20(22)21-7-3-5-9-23(21)24/h2-10,18-19,24H,11-16H2,1H3,(H,28,33)(H,29,32)(H,30,31)/b17-10+. The number of rotatable bonds is 9. The molecule has 0 spiro atoms. The van der Waals surface area contributed by atoms with Crippen LogP contribution >= 0.6 is 0 Å². The maximum atomic E-state index is 12.2. The van der Waals surface area contributed by atoms with Crippen LogP contribution in [0.25, 0.3) is 11.1 Å². The van der Waals surface area contributed by atoms with Crippen molar-refractivity contribution in [2.24, 2.45) is 11.8 Å². The van der Waals surface area contributed by atoms with Crippen molar-refractivity contribution in [1.29, 1.82) is 0 Å². The van der Waals surface area contributed by atoms with E-state index in [2.05, 4.69) is 34.9 Å². The van der Waals surface area contributed by atoms with Crippen molar-refractivity contribution in [2.45, 2.75) is 32.1 Å². The maximum Gasteiger partial charge on any atom is 0.407 e. The number of amides is 2. The van der Waals surface area contributed by atoms with E-state index >= 15 is 0 Å². The Labute approximate surface area is 199 Å². The fourth-order valence-corrected chi connectivity index (χ4v) is 4.86. The largest absolute Gasteiger partial charge is 0.481 e. The van der Waals surface area contributed by atoms with Crippen LogP contribution < -0.4 is 10.6 Å². The van der Waals surface area contributed by atoms with E-state index in [0.29, 0.717) is 18.0 Å². The summed E-state index contributed by atoms with van der Waals surface area (Å²) >= 11 is 0. The Morgan fingerprint density at radius 2 is 1.59 bits per heavy atom. The lowest BCUT2D eigenvalue weighted by molar-refractivity contribution is -0.139. The van der Waals surface area contributed by atoms with Crippen LogP contribution in [0.4, 0.5) is 4.79 Å². The van der Waals surface area contributed by atoms with Gasteiger partial charge in [0.15, 0.2) is 0 Å². The summed E-state index contributed by atoms with van der Waals surface area (Å²) in [7, 11) is 0. The molecule has 1 fully saturated rings. The van der Waals surface area contributed by atoms with E-state index in [1.54, 1.807) is 13.0 Å². The second-order valence-corrected chi connectivity index (χ2v) is 9.10. The van der Waals surface area contributed by atoms with Gasteiger partial charge in [-0.15, -0.1) is 0 Å². The molecule has 2 amide bonds. The molecule has 0 aliphatic heterocycles. The topological polar surface area (TPSA) is 105 Å². The van der Waals surface area contributed by atoms with Crippen molar-refractivity contribution >= 4 is 18.0 Å². The molecule has 0 unspecified atom stereocenters. The first-order chi connectivity index (χ1) is 16.4. The van der Waals surface area contributed by atoms with Crippen molar-refractivity contribution in [3.05, 3.63) is 71.3 Å². The molecule has 2 aliphatic rings. The fraction of sp³-hybridized carbons (Fsp3) is 0.370. The average Bonchev–Trinajstić information content (AvgIpc) is 3.12. The molecule has 0 radical (unpaired) electrons. The van der Waals surface area contributed by atoms with E-state index in [0.717, 1.165) is 24.0 Å². The second-order valence-electron chi connectivity index (χ2n) is 9.10. The minimum absolute atomic E-state index is 0.00260. The van der Waals surface area contributed by atoms with Crippen LogP contribution in [0.15, 0.2) is 60.2 Å². The highest BCUT2D eigenvalue weighted by atomic mass is 16.5. The molecular formula is C27H30N2O5. The second kappa shape index (κ2) is 10.5. The monoisotopic (exact) mass is 462 g/mol. The van der Waals surface area contributed by atoms with Crippen molar-refractivity contribution in [3.8, 4) is 11.1 Å². The van der Waals surface area contributed by atoms with E-state index in [1.165, 1.54) is 11.1 Å². The summed E-state index contributed by atoms with van der Waals surface area (Å²) in [6.07, 6.45) is 3.00. The summed E-state index contributed by atoms with van der Waals surface area (Å²) in [5, 5.41) is 14.4. The van der Waals surface area contributed by atoms with Crippen LogP contribution in [-0.4, -0.2) is 42.8 Å². The maximum absolute atomic E-state index is 12.2. The number of carbonyl (C=O) groups excluding carboxylic acids is 2. The number of nitrogens with one attached hydrogen (secondary N) is 2. The normalized spacial score (nSPS) is 18.9. The van der Waals surface area contributed by atoms with E-state index in [9.17, 15) is 14.4 Å². The molecule has 3 N–H and O–H groups in total. The van der Waals surface area contributed by atoms with E-state index in [1.807, 2.05) is 24.3 Å². The number of carboxylic acid groups (broad SMARTS) is 1. The third-order valence-electron chi connectivity index (χ3n) is 6.70. The summed E-state index contributed by atoms with van der Waals surface area (Å²) in [5.41, 5.74) is 5.18. The first-order valence-electron chi connectivity index (χ1n) is 11.7. The highest BCUT2D eigenvalue weighted by Gasteiger charge is 2.31. The Morgan fingerprint density at radius 3 is 2.21 bits per heavy atom. The van der Waals surface area contributed by atoms with Gasteiger partial charge in [-0.3, -0.25) is 9.59 Å². The van der Waals surface area contributed by atoms with Crippen LogP contribution in [0.5, 0.6) is 0 Å². The Balaban J connectivity index is 1.19. The minimum Gasteiger partial charge on any atom is -0.481 e. The number of hydrogen-bond acceptors (Lipinski definition) is 4. The number of ether oxygens (including phenoxy) is 1. The van der Waals surface area contributed by atoms with Gasteiger partial charge in [-0.25, -0.2) is 4.79 Å². The van der Waals surface area contributed by atoms with Crippen molar-refractivity contribution in [1.82, 2.24) is 10.6 Å². The van der Waals surface area contributed by atoms with Gasteiger partial charge in [0, 0.05) is 31.0 Å². The lowest BCUT2D eigenvalue weighted by atomic mass is 9.73. The number of fused-ring (bicyclic) bond motifs is 3. The summed E-state index contributed by atoms with van der Waals surface area (Å²) < 4.78 is 5.50. The SMILES string of the molecule is C/C(=C\CNC(=O)OCC1c2ccccc2-c2ccccc21)C(=O)NCC1CC(CC(=O)O)C1. The van der Waals surface area contributed by atoms with Crippen LogP contribution in [-0.2, 0) is 14.3 Å². The first-order valence-corrected chi connectivity index (χ1v) is 11.7. The lowest BCUT2D eigenvalue weighted by Gasteiger charge is -2.34. The molecule has 0 aromatic heterocycles. The van der Waals surface area contributed by atoms with Crippen LogP contribution in [0, 0.1) is 11.8 Å². The molecule has 2 aliphatic carbocycles. The smallest absolute Gasteiger partial charge is 0.407 e. The predicted molar refractivity (Wildman–Crippen MR) is 128 cm³/mol. The molecule has 178 valence electrons. The molecule has 0 atom stereocenters. The van der Waals surface area contributed by atoms with Gasteiger partial charge in [0.25, 0.3) is 0 Å². The Morgan fingerprint density at radius 1 is 0.971 bits per heavy atom. The highest BCUT2D eigenvalue weighted by molar-refractivity contribution is 5.92. The molecule has 1 saturated carbocycles. The highest BCUT2D eigenvalue weighted by Crippen LogP contribution is 2.44. The third-order valence-corrected chi connectivity index (χ3v) is 6.70. The number of alkyl carbamates (subject to hydrolysis) is 1. The molecule has 7 heteroatoms.